The minimum Gasteiger partial charge on any atom is -0.354 e. The lowest BCUT2D eigenvalue weighted by Gasteiger charge is -2.23. The maximum Gasteiger partial charge on any atom is 0.253 e. The number of benzene rings is 1. The molecular formula is C31H42N6O. The molecule has 1 N–H and O–H groups in total. The van der Waals surface area contributed by atoms with Gasteiger partial charge in [0.2, 0.25) is 0 Å². The Bertz CT molecular complexity index is 1230. The molecule has 0 spiro atoms. The van der Waals surface area contributed by atoms with Crippen LogP contribution in [0.1, 0.15) is 68.3 Å². The van der Waals surface area contributed by atoms with Crippen molar-refractivity contribution in [3.63, 3.8) is 0 Å². The van der Waals surface area contributed by atoms with Crippen molar-refractivity contribution in [1.82, 2.24) is 19.8 Å². The Balaban J connectivity index is 1.34. The monoisotopic (exact) mass is 514 g/mol. The van der Waals surface area contributed by atoms with Crippen LogP contribution < -0.4 is 10.2 Å². The third kappa shape index (κ3) is 6.93. The topological polar surface area (TPSA) is 77.2 Å². The van der Waals surface area contributed by atoms with Crippen LogP contribution in [0.5, 0.6) is 0 Å². The highest BCUT2D eigenvalue weighted by atomic mass is 16.1. The van der Waals surface area contributed by atoms with E-state index in [4.69, 9.17) is 0 Å². The zero-order valence-corrected chi connectivity index (χ0v) is 23.0. The molecule has 0 saturated carbocycles. The van der Waals surface area contributed by atoms with Crippen LogP contribution in [0.4, 0.5) is 5.82 Å². The van der Waals surface area contributed by atoms with E-state index in [-0.39, 0.29) is 5.91 Å². The number of carbonyl (C=O) groups excluding carboxylic acids is 1. The van der Waals surface area contributed by atoms with E-state index in [0.717, 1.165) is 87.4 Å². The molecule has 4 rings (SSSR count). The fourth-order valence-corrected chi connectivity index (χ4v) is 5.50. The molecule has 0 radical (unpaired) electrons. The fourth-order valence-electron chi connectivity index (χ4n) is 5.50. The first-order valence-corrected chi connectivity index (χ1v) is 14.3. The van der Waals surface area contributed by atoms with Gasteiger partial charge in [-0.25, -0.2) is 4.98 Å². The molecule has 7 nitrogen and oxygen atoms in total. The van der Waals surface area contributed by atoms with E-state index < -0.39 is 0 Å². The van der Waals surface area contributed by atoms with Gasteiger partial charge in [0.05, 0.1) is 11.1 Å². The molecule has 1 fully saturated rings. The summed E-state index contributed by atoms with van der Waals surface area (Å²) in [7, 11) is 0. The Labute approximate surface area is 227 Å². The normalized spacial score (nSPS) is 15.2. The molecule has 3 aromatic rings. The maximum absolute atomic E-state index is 13.2. The number of aromatic nitrogens is 2. The van der Waals surface area contributed by atoms with Gasteiger partial charge in [-0.05, 0) is 56.5 Å². The lowest BCUT2D eigenvalue weighted by Crippen LogP contribution is -2.32. The summed E-state index contributed by atoms with van der Waals surface area (Å²) in [4.78, 5) is 22.4. The molecule has 1 aliphatic heterocycles. The number of hydrogen-bond donors (Lipinski definition) is 1. The van der Waals surface area contributed by atoms with Crippen LogP contribution in [-0.4, -0.2) is 59.6 Å². The van der Waals surface area contributed by atoms with Gasteiger partial charge in [0.15, 0.2) is 0 Å². The standard InChI is InChI=1S/C31H42N6O/c1-3-5-11-25(4-2)23-34-31(38)28-24-37(29-14-7-6-13-27(28)29)19-10-17-35-16-9-18-36(21-20-35)30-26(22-32)12-8-15-33-30/h6-8,12-15,24-25H,3-5,9-11,16-21,23H2,1-2H3,(H,34,38). The zero-order chi connectivity index (χ0) is 26.7. The first kappa shape index (κ1) is 27.7. The summed E-state index contributed by atoms with van der Waals surface area (Å²) in [5.74, 6) is 1.38. The van der Waals surface area contributed by atoms with Crippen LogP contribution in [0.3, 0.4) is 0 Å². The molecule has 38 heavy (non-hydrogen) atoms. The molecule has 1 unspecified atom stereocenters. The van der Waals surface area contributed by atoms with Crippen molar-refractivity contribution in [2.45, 2.75) is 58.9 Å². The number of aryl methyl sites for hydroxylation is 1. The minimum atomic E-state index is 0.0359. The van der Waals surface area contributed by atoms with Crippen molar-refractivity contribution in [3.05, 3.63) is 59.9 Å². The third-order valence-corrected chi connectivity index (χ3v) is 7.80. The van der Waals surface area contributed by atoms with Gasteiger partial charge in [-0.3, -0.25) is 4.79 Å². The lowest BCUT2D eigenvalue weighted by molar-refractivity contribution is 0.0947. The molecule has 0 aliphatic carbocycles. The minimum absolute atomic E-state index is 0.0359. The Morgan fingerprint density at radius 1 is 1.08 bits per heavy atom. The predicted molar refractivity (Wildman–Crippen MR) is 154 cm³/mol. The van der Waals surface area contributed by atoms with E-state index in [1.807, 2.05) is 24.4 Å². The van der Waals surface area contributed by atoms with Crippen molar-refractivity contribution in [2.24, 2.45) is 5.92 Å². The average molecular weight is 515 g/mol. The number of nitrogens with zero attached hydrogens (tertiary/aromatic N) is 5. The van der Waals surface area contributed by atoms with Crippen LogP contribution >= 0.6 is 0 Å². The van der Waals surface area contributed by atoms with Crippen molar-refractivity contribution >= 4 is 22.6 Å². The first-order valence-electron chi connectivity index (χ1n) is 14.3. The van der Waals surface area contributed by atoms with E-state index in [1.165, 1.54) is 19.3 Å². The Hall–Kier alpha value is -3.37. The number of pyridine rings is 1. The highest BCUT2D eigenvalue weighted by molar-refractivity contribution is 6.07. The first-order chi connectivity index (χ1) is 18.6. The molecule has 202 valence electrons. The Morgan fingerprint density at radius 2 is 1.95 bits per heavy atom. The number of para-hydroxylation sites is 1. The lowest BCUT2D eigenvalue weighted by atomic mass is 9.99. The second-order valence-electron chi connectivity index (χ2n) is 10.4. The van der Waals surface area contributed by atoms with Crippen LogP contribution in [0.2, 0.25) is 0 Å². The molecule has 1 aromatic carbocycles. The number of fused-ring (bicyclic) bond motifs is 1. The summed E-state index contributed by atoms with van der Waals surface area (Å²) >= 11 is 0. The number of unbranched alkanes of at least 4 members (excludes halogenated alkanes) is 1. The van der Waals surface area contributed by atoms with E-state index >= 15 is 0 Å². The summed E-state index contributed by atoms with van der Waals surface area (Å²) in [6.07, 6.45) is 10.6. The molecule has 3 heterocycles. The third-order valence-electron chi connectivity index (χ3n) is 7.80. The van der Waals surface area contributed by atoms with Crippen LogP contribution in [0, 0.1) is 17.2 Å². The van der Waals surface area contributed by atoms with Gasteiger partial charge in [0, 0.05) is 56.0 Å². The summed E-state index contributed by atoms with van der Waals surface area (Å²) in [5.41, 5.74) is 2.54. The zero-order valence-electron chi connectivity index (χ0n) is 23.0. The molecule has 1 atom stereocenters. The smallest absolute Gasteiger partial charge is 0.253 e. The van der Waals surface area contributed by atoms with Crippen LogP contribution in [0.25, 0.3) is 10.9 Å². The van der Waals surface area contributed by atoms with Gasteiger partial charge < -0.3 is 19.7 Å². The maximum atomic E-state index is 13.2. The number of anilines is 1. The molecular weight excluding hydrogens is 472 g/mol. The second-order valence-corrected chi connectivity index (χ2v) is 10.4. The van der Waals surface area contributed by atoms with E-state index in [2.05, 4.69) is 62.8 Å². The number of carbonyl (C=O) groups is 1. The van der Waals surface area contributed by atoms with Crippen LogP contribution in [0.15, 0.2) is 48.8 Å². The predicted octanol–water partition coefficient (Wildman–Crippen LogP) is 5.46. The van der Waals surface area contributed by atoms with E-state index in [0.29, 0.717) is 11.5 Å². The fraction of sp³-hybridized carbons (Fsp3) is 0.516. The van der Waals surface area contributed by atoms with Gasteiger partial charge in [0.1, 0.15) is 11.9 Å². The highest BCUT2D eigenvalue weighted by Crippen LogP contribution is 2.23. The van der Waals surface area contributed by atoms with Gasteiger partial charge in [0.25, 0.3) is 5.91 Å². The van der Waals surface area contributed by atoms with Crippen LogP contribution in [-0.2, 0) is 6.54 Å². The number of nitrogens with one attached hydrogen (secondary N) is 1. The largest absolute Gasteiger partial charge is 0.354 e. The molecule has 2 aromatic heterocycles. The van der Waals surface area contributed by atoms with Crippen molar-refractivity contribution in [3.8, 4) is 6.07 Å². The van der Waals surface area contributed by atoms with Crippen molar-refractivity contribution in [2.75, 3.05) is 44.2 Å². The molecule has 0 bridgehead atoms. The van der Waals surface area contributed by atoms with Gasteiger partial charge in [-0.1, -0.05) is 51.3 Å². The summed E-state index contributed by atoms with van der Waals surface area (Å²) in [6.45, 7) is 10.8. The Morgan fingerprint density at radius 3 is 2.76 bits per heavy atom. The number of rotatable bonds is 12. The molecule has 1 amide bonds. The second kappa shape index (κ2) is 14.0. The van der Waals surface area contributed by atoms with Crippen molar-refractivity contribution in [1.29, 1.82) is 5.26 Å². The SMILES string of the molecule is CCCCC(CC)CNC(=O)c1cn(CCCN2CCCN(c3ncccc3C#N)CC2)c2ccccc12. The summed E-state index contributed by atoms with van der Waals surface area (Å²) in [6, 6.07) is 14.2. The Kier molecular flexibility index (Phi) is 10.2. The van der Waals surface area contributed by atoms with Gasteiger partial charge >= 0.3 is 0 Å². The summed E-state index contributed by atoms with van der Waals surface area (Å²) < 4.78 is 2.25. The van der Waals surface area contributed by atoms with E-state index in [1.54, 1.807) is 6.20 Å². The van der Waals surface area contributed by atoms with Gasteiger partial charge in [-0.15, -0.1) is 0 Å². The number of hydrogen-bond acceptors (Lipinski definition) is 5. The van der Waals surface area contributed by atoms with Crippen molar-refractivity contribution < 1.29 is 4.79 Å². The molecule has 1 aliphatic rings. The highest BCUT2D eigenvalue weighted by Gasteiger charge is 2.19. The van der Waals surface area contributed by atoms with E-state index in [9.17, 15) is 10.1 Å². The number of nitriles is 1. The average Bonchev–Trinajstić information content (AvgIpc) is 3.16. The quantitative estimate of drug-likeness (QED) is 0.347. The number of amides is 1. The van der Waals surface area contributed by atoms with Gasteiger partial charge in [-0.2, -0.15) is 5.26 Å². The molecule has 7 heteroatoms. The molecule has 1 saturated heterocycles. The summed E-state index contributed by atoms with van der Waals surface area (Å²) in [5, 5.41) is 13.7.